The van der Waals surface area contributed by atoms with Crippen LogP contribution in [-0.2, 0) is 11.3 Å². The quantitative estimate of drug-likeness (QED) is 0.881. The van der Waals surface area contributed by atoms with Crippen LogP contribution in [0.15, 0.2) is 16.5 Å². The lowest BCUT2D eigenvalue weighted by Crippen LogP contribution is -2.36. The predicted molar refractivity (Wildman–Crippen MR) is 89.9 cm³/mol. The largest absolute Gasteiger partial charge is 0.493 e. The normalized spacial score (nSPS) is 21.4. The van der Waals surface area contributed by atoms with E-state index in [4.69, 9.17) is 13.9 Å². The fraction of sp³-hybridized carbons (Fsp3) is 0.611. The summed E-state index contributed by atoms with van der Waals surface area (Å²) in [4.78, 5) is 4.59. The number of fused-ring (bicyclic) bond motifs is 1. The van der Waals surface area contributed by atoms with Crippen molar-refractivity contribution in [2.24, 2.45) is 0 Å². The van der Waals surface area contributed by atoms with Crippen molar-refractivity contribution < 1.29 is 13.9 Å². The number of aromatic nitrogens is 1. The Balaban J connectivity index is 1.80. The maximum atomic E-state index is 5.84. The molecule has 1 aliphatic rings. The molecule has 2 aromatic rings. The van der Waals surface area contributed by atoms with Gasteiger partial charge in [-0.25, -0.2) is 4.98 Å². The maximum absolute atomic E-state index is 5.84. The van der Waals surface area contributed by atoms with Crippen LogP contribution >= 0.6 is 0 Å². The Labute approximate surface area is 137 Å². The van der Waals surface area contributed by atoms with Gasteiger partial charge in [0.05, 0.1) is 13.2 Å². The van der Waals surface area contributed by atoms with Crippen molar-refractivity contribution in [1.29, 1.82) is 0 Å². The highest BCUT2D eigenvalue weighted by molar-refractivity contribution is 5.80. The van der Waals surface area contributed by atoms with Gasteiger partial charge in [-0.3, -0.25) is 0 Å². The summed E-state index contributed by atoms with van der Waals surface area (Å²) in [5.41, 5.74) is 2.75. The van der Waals surface area contributed by atoms with Crippen molar-refractivity contribution in [3.05, 3.63) is 23.6 Å². The molecule has 0 amide bonds. The van der Waals surface area contributed by atoms with Crippen molar-refractivity contribution in [2.75, 3.05) is 14.2 Å². The van der Waals surface area contributed by atoms with Gasteiger partial charge in [-0.15, -0.1) is 0 Å². The van der Waals surface area contributed by atoms with Crippen LogP contribution in [0.1, 0.15) is 50.5 Å². The van der Waals surface area contributed by atoms with E-state index in [9.17, 15) is 0 Å². The molecule has 0 unspecified atom stereocenters. The molecule has 0 saturated heterocycles. The number of nitrogens with zero attached hydrogens (tertiary/aromatic N) is 1. The van der Waals surface area contributed by atoms with Crippen LogP contribution in [-0.4, -0.2) is 31.3 Å². The van der Waals surface area contributed by atoms with E-state index < -0.39 is 0 Å². The fourth-order valence-electron chi connectivity index (χ4n) is 3.27. The van der Waals surface area contributed by atoms with Crippen molar-refractivity contribution in [3.8, 4) is 5.75 Å². The molecule has 0 spiro atoms. The molecule has 23 heavy (non-hydrogen) atoms. The molecule has 126 valence electrons. The second-order valence-corrected chi connectivity index (χ2v) is 6.55. The number of hydrogen-bond donors (Lipinski definition) is 1. The third-order valence-corrected chi connectivity index (χ3v) is 4.57. The van der Waals surface area contributed by atoms with E-state index in [2.05, 4.69) is 30.2 Å². The van der Waals surface area contributed by atoms with Crippen molar-refractivity contribution in [3.63, 3.8) is 0 Å². The van der Waals surface area contributed by atoms with Crippen LogP contribution in [0.3, 0.4) is 0 Å². The molecule has 0 aliphatic heterocycles. The molecule has 0 bridgehead atoms. The standard InChI is InChI=1S/C18H26N2O3/c1-11(2)18-20-14-8-12(9-16(22-4)17(14)23-18)10-19-13-6-5-7-15(13)21-3/h8-9,11,13,15,19H,5-7,10H2,1-4H3/t13-,15-/m0/s1. The molecule has 1 N–H and O–H groups in total. The molecule has 0 radical (unpaired) electrons. The number of hydrogen-bond acceptors (Lipinski definition) is 5. The van der Waals surface area contributed by atoms with Crippen molar-refractivity contribution >= 4 is 11.1 Å². The lowest BCUT2D eigenvalue weighted by molar-refractivity contribution is 0.0847. The van der Waals surface area contributed by atoms with E-state index in [-0.39, 0.29) is 5.92 Å². The van der Waals surface area contributed by atoms with Gasteiger partial charge in [0.15, 0.2) is 17.2 Å². The first-order valence-corrected chi connectivity index (χ1v) is 8.36. The van der Waals surface area contributed by atoms with E-state index in [1.54, 1.807) is 14.2 Å². The number of methoxy groups -OCH3 is 2. The third-order valence-electron chi connectivity index (χ3n) is 4.57. The van der Waals surface area contributed by atoms with Gasteiger partial charge < -0.3 is 19.2 Å². The van der Waals surface area contributed by atoms with Crippen molar-refractivity contribution in [2.45, 2.75) is 57.7 Å². The minimum absolute atomic E-state index is 0.259. The minimum atomic E-state index is 0.259. The Morgan fingerprint density at radius 1 is 1.30 bits per heavy atom. The number of ether oxygens (including phenoxy) is 2. The van der Waals surface area contributed by atoms with E-state index in [1.807, 2.05) is 6.07 Å². The molecule has 2 atom stereocenters. The van der Waals surface area contributed by atoms with Crippen LogP contribution in [0.4, 0.5) is 0 Å². The van der Waals surface area contributed by atoms with Gasteiger partial charge in [-0.05, 0) is 37.0 Å². The van der Waals surface area contributed by atoms with E-state index in [0.29, 0.717) is 12.1 Å². The van der Waals surface area contributed by atoms with Crippen molar-refractivity contribution in [1.82, 2.24) is 10.3 Å². The fourth-order valence-corrected chi connectivity index (χ4v) is 3.27. The van der Waals surface area contributed by atoms with E-state index >= 15 is 0 Å². The Kier molecular flexibility index (Phi) is 4.87. The molecule has 1 aromatic heterocycles. The summed E-state index contributed by atoms with van der Waals surface area (Å²) in [6, 6.07) is 4.53. The maximum Gasteiger partial charge on any atom is 0.198 e. The first-order chi connectivity index (χ1) is 11.1. The van der Waals surface area contributed by atoms with Crippen LogP contribution < -0.4 is 10.1 Å². The summed E-state index contributed by atoms with van der Waals surface area (Å²) in [6.45, 7) is 4.93. The molecule has 1 saturated carbocycles. The number of rotatable bonds is 6. The van der Waals surface area contributed by atoms with Gasteiger partial charge in [0.25, 0.3) is 0 Å². The van der Waals surface area contributed by atoms with Gasteiger partial charge in [0.2, 0.25) is 0 Å². The van der Waals surface area contributed by atoms with Gasteiger partial charge >= 0.3 is 0 Å². The highest BCUT2D eigenvalue weighted by Gasteiger charge is 2.26. The zero-order chi connectivity index (χ0) is 16.4. The smallest absolute Gasteiger partial charge is 0.198 e. The summed E-state index contributed by atoms with van der Waals surface area (Å²) in [5, 5.41) is 3.61. The molecule has 1 fully saturated rings. The second kappa shape index (κ2) is 6.89. The van der Waals surface area contributed by atoms with Crippen LogP contribution in [0.2, 0.25) is 0 Å². The third kappa shape index (κ3) is 3.35. The predicted octanol–water partition coefficient (Wildman–Crippen LogP) is 3.62. The van der Waals surface area contributed by atoms with Crippen LogP contribution in [0.25, 0.3) is 11.1 Å². The van der Waals surface area contributed by atoms with Gasteiger partial charge in [-0.2, -0.15) is 0 Å². The number of nitrogens with one attached hydrogen (secondary N) is 1. The molecular formula is C18H26N2O3. The molecule has 3 rings (SSSR count). The SMILES string of the molecule is COc1cc(CN[C@H]2CCC[C@@H]2OC)cc2nc(C(C)C)oc12. The molecule has 1 aliphatic carbocycles. The molecule has 1 aromatic carbocycles. The van der Waals surface area contributed by atoms with Gasteiger partial charge in [-0.1, -0.05) is 13.8 Å². The van der Waals surface area contributed by atoms with Gasteiger partial charge in [0.1, 0.15) is 5.52 Å². The summed E-state index contributed by atoms with van der Waals surface area (Å²) in [5.74, 6) is 1.75. The Morgan fingerprint density at radius 3 is 2.83 bits per heavy atom. The molecule has 5 heteroatoms. The zero-order valence-corrected chi connectivity index (χ0v) is 14.4. The first kappa shape index (κ1) is 16.3. The average molecular weight is 318 g/mol. The lowest BCUT2D eigenvalue weighted by atomic mass is 10.1. The Bertz CT molecular complexity index is 666. The zero-order valence-electron chi connectivity index (χ0n) is 14.4. The molecule has 5 nitrogen and oxygen atoms in total. The van der Waals surface area contributed by atoms with Gasteiger partial charge in [0, 0.05) is 25.6 Å². The Morgan fingerprint density at radius 2 is 2.13 bits per heavy atom. The monoisotopic (exact) mass is 318 g/mol. The summed E-state index contributed by atoms with van der Waals surface area (Å²) < 4.78 is 16.9. The summed E-state index contributed by atoms with van der Waals surface area (Å²) in [7, 11) is 3.46. The lowest BCUT2D eigenvalue weighted by Gasteiger charge is -2.19. The number of oxazole rings is 1. The second-order valence-electron chi connectivity index (χ2n) is 6.55. The van der Waals surface area contributed by atoms with Crippen LogP contribution in [0.5, 0.6) is 5.75 Å². The highest BCUT2D eigenvalue weighted by atomic mass is 16.5. The van der Waals surface area contributed by atoms with E-state index in [0.717, 1.165) is 41.3 Å². The first-order valence-electron chi connectivity index (χ1n) is 8.36. The van der Waals surface area contributed by atoms with E-state index in [1.165, 1.54) is 12.8 Å². The minimum Gasteiger partial charge on any atom is -0.493 e. The topological polar surface area (TPSA) is 56.5 Å². The summed E-state index contributed by atoms with van der Waals surface area (Å²) in [6.07, 6.45) is 3.84. The van der Waals surface area contributed by atoms with Crippen LogP contribution in [0, 0.1) is 0 Å². The molecule has 1 heterocycles. The summed E-state index contributed by atoms with van der Waals surface area (Å²) >= 11 is 0. The Hall–Kier alpha value is -1.59. The molecular weight excluding hydrogens is 292 g/mol. The number of benzene rings is 1. The average Bonchev–Trinajstić information content (AvgIpc) is 3.17. The highest BCUT2D eigenvalue weighted by Crippen LogP contribution is 2.31.